The second-order valence-electron chi connectivity index (χ2n) is 10.4. The molecule has 2 aromatic rings. The fourth-order valence-corrected chi connectivity index (χ4v) is 5.86. The molecule has 3 N–H and O–H groups in total. The molecule has 9 heteroatoms. The van der Waals surface area contributed by atoms with Crippen LogP contribution in [0.1, 0.15) is 52.6 Å². The zero-order valence-electron chi connectivity index (χ0n) is 20.0. The van der Waals surface area contributed by atoms with E-state index in [0.29, 0.717) is 23.5 Å². The van der Waals surface area contributed by atoms with Crippen LogP contribution in [0.3, 0.4) is 0 Å². The number of amides is 2. The summed E-state index contributed by atoms with van der Waals surface area (Å²) in [5, 5.41) is 16.4. The van der Waals surface area contributed by atoms with Crippen molar-refractivity contribution in [3.8, 4) is 0 Å². The van der Waals surface area contributed by atoms with E-state index in [9.17, 15) is 14.7 Å². The Hall–Kier alpha value is -3.17. The van der Waals surface area contributed by atoms with E-state index in [1.165, 1.54) is 4.90 Å². The lowest BCUT2D eigenvalue weighted by molar-refractivity contribution is -0.0439. The smallest absolute Gasteiger partial charge is 0.270 e. The lowest BCUT2D eigenvalue weighted by Gasteiger charge is -2.61. The molecule has 1 aromatic carbocycles. The van der Waals surface area contributed by atoms with E-state index >= 15 is 0 Å². The van der Waals surface area contributed by atoms with Crippen molar-refractivity contribution in [1.82, 2.24) is 20.1 Å². The summed E-state index contributed by atoms with van der Waals surface area (Å²) >= 11 is 0. The van der Waals surface area contributed by atoms with Crippen molar-refractivity contribution in [1.29, 1.82) is 0 Å². The number of aliphatic hydroxyl groups excluding tert-OH is 1. The molecule has 3 saturated carbocycles. The number of nitrogens with one attached hydrogen (secondary N) is 2. The van der Waals surface area contributed by atoms with Gasteiger partial charge in [-0.2, -0.15) is 0 Å². The van der Waals surface area contributed by atoms with Crippen molar-refractivity contribution < 1.29 is 14.7 Å². The normalized spacial score (nSPS) is 27.4. The van der Waals surface area contributed by atoms with Crippen molar-refractivity contribution in [2.24, 2.45) is 5.92 Å². The summed E-state index contributed by atoms with van der Waals surface area (Å²) in [6.07, 6.45) is 4.19. The Bertz CT molecular complexity index is 1130. The van der Waals surface area contributed by atoms with Crippen LogP contribution in [0.15, 0.2) is 36.5 Å². The molecule has 2 aliphatic heterocycles. The number of fused-ring (bicyclic) bond motifs is 1. The third-order valence-electron chi connectivity index (χ3n) is 8.04. The number of pyridine rings is 1. The molecule has 1 unspecified atom stereocenters. The molecule has 0 radical (unpaired) electrons. The van der Waals surface area contributed by atoms with Crippen LogP contribution in [-0.2, 0) is 6.54 Å². The number of carbonyl (C=O) groups is 2. The lowest BCUT2D eigenvalue weighted by atomic mass is 9.50. The van der Waals surface area contributed by atoms with Crippen LogP contribution < -0.4 is 15.5 Å². The van der Waals surface area contributed by atoms with E-state index in [4.69, 9.17) is 0 Å². The number of piperazine rings is 1. The van der Waals surface area contributed by atoms with E-state index in [0.717, 1.165) is 69.2 Å². The molecule has 5 aliphatic rings. The molecule has 3 aliphatic carbocycles. The molecular formula is C26H32N6O3. The summed E-state index contributed by atoms with van der Waals surface area (Å²) in [5.74, 6) is 0.623. The SMILES string of the molecule is CCN1C(=O)c2ccc(CN3CCN(c4ccc(C(=O)NC56CC(C5)C6)nc4)CC3)cc2NC1O. The molecule has 2 bridgehead atoms. The monoisotopic (exact) mass is 476 g/mol. The van der Waals surface area contributed by atoms with Crippen LogP contribution >= 0.6 is 0 Å². The van der Waals surface area contributed by atoms with Gasteiger partial charge in [0.15, 0.2) is 0 Å². The Morgan fingerprint density at radius 2 is 1.94 bits per heavy atom. The van der Waals surface area contributed by atoms with Crippen molar-refractivity contribution in [3.05, 3.63) is 53.3 Å². The average molecular weight is 477 g/mol. The highest BCUT2D eigenvalue weighted by molar-refractivity contribution is 6.01. The molecule has 1 atom stereocenters. The molecule has 9 nitrogen and oxygen atoms in total. The second-order valence-corrected chi connectivity index (χ2v) is 10.4. The Morgan fingerprint density at radius 3 is 2.57 bits per heavy atom. The predicted octanol–water partition coefficient (Wildman–Crippen LogP) is 1.85. The number of hydrogen-bond acceptors (Lipinski definition) is 7. The van der Waals surface area contributed by atoms with Gasteiger partial charge in [0.1, 0.15) is 5.69 Å². The number of nitrogens with zero attached hydrogens (tertiary/aromatic N) is 4. The average Bonchev–Trinajstić information content (AvgIpc) is 2.81. The zero-order valence-corrected chi connectivity index (χ0v) is 20.0. The number of carbonyl (C=O) groups excluding carboxylic acids is 2. The van der Waals surface area contributed by atoms with Gasteiger partial charge in [-0.3, -0.25) is 19.4 Å². The van der Waals surface area contributed by atoms with Gasteiger partial charge in [0.2, 0.25) is 6.35 Å². The van der Waals surface area contributed by atoms with Crippen molar-refractivity contribution in [3.63, 3.8) is 0 Å². The summed E-state index contributed by atoms with van der Waals surface area (Å²) < 4.78 is 0. The maximum absolute atomic E-state index is 12.6. The Morgan fingerprint density at radius 1 is 1.17 bits per heavy atom. The van der Waals surface area contributed by atoms with Crippen molar-refractivity contribution >= 4 is 23.2 Å². The molecule has 1 aromatic heterocycles. The van der Waals surface area contributed by atoms with Crippen molar-refractivity contribution in [2.75, 3.05) is 42.9 Å². The first kappa shape index (κ1) is 22.3. The molecular weight excluding hydrogens is 444 g/mol. The molecule has 35 heavy (non-hydrogen) atoms. The van der Waals surface area contributed by atoms with E-state index in [-0.39, 0.29) is 17.4 Å². The molecule has 2 amide bonds. The highest BCUT2D eigenvalue weighted by atomic mass is 16.3. The molecule has 7 rings (SSSR count). The van der Waals surface area contributed by atoms with Crippen LogP contribution in [0.4, 0.5) is 11.4 Å². The fraction of sp³-hybridized carbons (Fsp3) is 0.500. The largest absolute Gasteiger partial charge is 0.368 e. The predicted molar refractivity (Wildman–Crippen MR) is 132 cm³/mol. The highest BCUT2D eigenvalue weighted by Crippen LogP contribution is 2.56. The zero-order chi connectivity index (χ0) is 24.2. The fourth-order valence-electron chi connectivity index (χ4n) is 5.86. The third-order valence-corrected chi connectivity index (χ3v) is 8.04. The summed E-state index contributed by atoms with van der Waals surface area (Å²) in [4.78, 5) is 35.6. The van der Waals surface area contributed by atoms with Gasteiger partial charge in [-0.05, 0) is 61.9 Å². The first-order chi connectivity index (χ1) is 16.9. The molecule has 4 fully saturated rings. The maximum atomic E-state index is 12.6. The van der Waals surface area contributed by atoms with Gasteiger partial charge in [-0.25, -0.2) is 4.98 Å². The van der Waals surface area contributed by atoms with Crippen LogP contribution in [0.2, 0.25) is 0 Å². The van der Waals surface area contributed by atoms with Gasteiger partial charge < -0.3 is 20.6 Å². The van der Waals surface area contributed by atoms with Crippen LogP contribution in [-0.4, -0.2) is 76.3 Å². The maximum Gasteiger partial charge on any atom is 0.270 e. The van der Waals surface area contributed by atoms with Crippen LogP contribution in [0.5, 0.6) is 0 Å². The Balaban J connectivity index is 1.03. The summed E-state index contributed by atoms with van der Waals surface area (Å²) in [6, 6.07) is 9.64. The number of anilines is 2. The summed E-state index contributed by atoms with van der Waals surface area (Å²) in [5.41, 5.74) is 3.99. The number of aliphatic hydroxyl groups is 1. The third kappa shape index (κ3) is 4.02. The van der Waals surface area contributed by atoms with Crippen LogP contribution in [0, 0.1) is 5.92 Å². The van der Waals surface area contributed by atoms with Gasteiger partial charge in [0, 0.05) is 44.8 Å². The quantitative estimate of drug-likeness (QED) is 0.585. The molecule has 1 saturated heterocycles. The minimum atomic E-state index is -0.992. The first-order valence-corrected chi connectivity index (χ1v) is 12.6. The van der Waals surface area contributed by atoms with Gasteiger partial charge in [-0.15, -0.1) is 0 Å². The highest BCUT2D eigenvalue weighted by Gasteiger charge is 2.57. The molecule has 0 spiro atoms. The number of rotatable bonds is 6. The topological polar surface area (TPSA) is 101 Å². The van der Waals surface area contributed by atoms with E-state index in [2.05, 4.69) is 25.4 Å². The summed E-state index contributed by atoms with van der Waals surface area (Å²) in [6.45, 7) is 6.65. The first-order valence-electron chi connectivity index (χ1n) is 12.6. The van der Waals surface area contributed by atoms with Gasteiger partial charge in [0.05, 0.1) is 23.1 Å². The standard InChI is InChI=1S/C26H32N6O3/c1-2-32-24(34)20-5-3-17(11-22(20)28-25(32)35)16-30-7-9-31(10-8-30)19-4-6-21(27-15-19)23(33)29-26-12-18(13-26)14-26/h3-6,11,15,18,25,28,35H,2,7-10,12-14,16H2,1H3,(H,29,33). The van der Waals surface area contributed by atoms with E-state index in [1.54, 1.807) is 0 Å². The molecule has 184 valence electrons. The minimum Gasteiger partial charge on any atom is -0.368 e. The van der Waals surface area contributed by atoms with Gasteiger partial charge >= 0.3 is 0 Å². The van der Waals surface area contributed by atoms with Crippen molar-refractivity contribution in [2.45, 2.75) is 44.6 Å². The van der Waals surface area contributed by atoms with Crippen LogP contribution in [0.25, 0.3) is 0 Å². The Labute approximate surface area is 205 Å². The van der Waals surface area contributed by atoms with E-state index < -0.39 is 6.35 Å². The lowest BCUT2D eigenvalue weighted by Crippen LogP contribution is -2.68. The second kappa shape index (κ2) is 8.49. The van der Waals surface area contributed by atoms with Gasteiger partial charge in [-0.1, -0.05) is 6.07 Å². The van der Waals surface area contributed by atoms with E-state index in [1.807, 2.05) is 43.5 Å². The Kier molecular flexibility index (Phi) is 5.41. The molecule has 3 heterocycles. The summed E-state index contributed by atoms with van der Waals surface area (Å²) in [7, 11) is 0. The number of hydrogen-bond donors (Lipinski definition) is 3. The number of benzene rings is 1. The minimum absolute atomic E-state index is 0.0596. The van der Waals surface area contributed by atoms with Gasteiger partial charge in [0.25, 0.3) is 11.8 Å². The number of aromatic nitrogens is 1.